The topological polar surface area (TPSA) is 47.8 Å². The second-order valence-electron chi connectivity index (χ2n) is 5.09. The van der Waals surface area contributed by atoms with E-state index in [2.05, 4.69) is 0 Å². The van der Waals surface area contributed by atoms with E-state index in [9.17, 15) is 10.0 Å². The zero-order chi connectivity index (χ0) is 10.4. The normalized spacial score (nSPS) is 45.1. The van der Waals surface area contributed by atoms with Crippen LogP contribution in [0.25, 0.3) is 0 Å². The van der Waals surface area contributed by atoms with Crippen LogP contribution in [-0.2, 0) is 4.79 Å². The molecule has 0 spiro atoms. The lowest BCUT2D eigenvalue weighted by atomic mass is 9.81. The van der Waals surface area contributed by atoms with E-state index in [1.54, 1.807) is 0 Å². The summed E-state index contributed by atoms with van der Waals surface area (Å²) in [7, 11) is 0. The third-order valence-electron chi connectivity index (χ3n) is 4.31. The predicted molar refractivity (Wildman–Crippen MR) is 54.8 cm³/mol. The molecule has 4 nitrogen and oxygen atoms in total. The van der Waals surface area contributed by atoms with Crippen LogP contribution in [0.4, 0.5) is 0 Å². The quantitative estimate of drug-likeness (QED) is 0.567. The van der Waals surface area contributed by atoms with E-state index in [0.29, 0.717) is 5.06 Å². The summed E-state index contributed by atoms with van der Waals surface area (Å²) in [6, 6.07) is 0.0746. The van der Waals surface area contributed by atoms with Crippen molar-refractivity contribution < 1.29 is 9.86 Å². The highest BCUT2D eigenvalue weighted by Crippen LogP contribution is 2.30. The van der Waals surface area contributed by atoms with E-state index in [1.165, 1.54) is 0 Å². The zero-order valence-electron chi connectivity index (χ0n) is 8.95. The van der Waals surface area contributed by atoms with Crippen LogP contribution in [0.5, 0.6) is 0 Å². The van der Waals surface area contributed by atoms with Crippen molar-refractivity contribution in [2.75, 3.05) is 6.54 Å². The molecule has 1 amide bonds. The number of hydrogen-bond acceptors (Lipinski definition) is 2. The maximum absolute atomic E-state index is 12.2. The molecule has 3 rings (SSSR count). The van der Waals surface area contributed by atoms with Gasteiger partial charge >= 0.3 is 0 Å². The summed E-state index contributed by atoms with van der Waals surface area (Å²) in [5.74, 6) is 0.322. The number of rotatable bonds is 0. The summed E-state index contributed by atoms with van der Waals surface area (Å²) < 4.78 is 0. The van der Waals surface area contributed by atoms with Crippen LogP contribution in [0.2, 0.25) is 0 Å². The van der Waals surface area contributed by atoms with Crippen LogP contribution < -0.4 is 5.06 Å². The number of nitrogens with zero attached hydrogens (tertiary/aromatic N) is 1. The fraction of sp³-hybridized carbons (Fsp3) is 0.909. The van der Waals surface area contributed by atoms with Crippen molar-refractivity contribution >= 4 is 5.91 Å². The summed E-state index contributed by atoms with van der Waals surface area (Å²) in [6.45, 7) is 0.818. The molecule has 1 saturated carbocycles. The van der Waals surface area contributed by atoms with Crippen molar-refractivity contribution in [3.63, 3.8) is 0 Å². The highest BCUT2D eigenvalue weighted by atomic mass is 16.5. The van der Waals surface area contributed by atoms with Crippen LogP contribution in [0, 0.1) is 11.1 Å². The minimum Gasteiger partial charge on any atom is -0.633 e. The van der Waals surface area contributed by atoms with E-state index in [-0.39, 0.29) is 24.0 Å². The number of hydrogen-bond donors (Lipinski definition) is 1. The fourth-order valence-corrected chi connectivity index (χ4v) is 3.55. The number of fused-ring (bicyclic) bond motifs is 2. The Balaban J connectivity index is 1.88. The second-order valence-corrected chi connectivity index (χ2v) is 5.09. The lowest BCUT2D eigenvalue weighted by Gasteiger charge is -2.49. The monoisotopic (exact) mass is 210 g/mol. The Morgan fingerprint density at radius 3 is 2.87 bits per heavy atom. The van der Waals surface area contributed by atoms with Gasteiger partial charge in [0.2, 0.25) is 5.91 Å². The Hall–Kier alpha value is -0.610. The SMILES string of the molecule is O=C1C2CCCCC2[NH+]([O-])C2CCCN12. The standard InChI is InChI=1S/C11H18N2O2/c14-11-8-4-1-2-5-9(8)13(15)10-6-3-7-12(10)11/h8-10,13H,1-7H2. The molecule has 2 aliphatic heterocycles. The average Bonchev–Trinajstić information content (AvgIpc) is 2.75. The molecule has 4 heteroatoms. The Bertz CT molecular complexity index is 282. The van der Waals surface area contributed by atoms with Crippen molar-refractivity contribution in [1.82, 2.24) is 4.90 Å². The van der Waals surface area contributed by atoms with Gasteiger partial charge in [0.25, 0.3) is 0 Å². The van der Waals surface area contributed by atoms with Crippen LogP contribution in [0.3, 0.4) is 0 Å². The van der Waals surface area contributed by atoms with E-state index in [0.717, 1.165) is 45.1 Å². The summed E-state index contributed by atoms with van der Waals surface area (Å²) in [5.41, 5.74) is 0. The fourth-order valence-electron chi connectivity index (χ4n) is 3.55. The van der Waals surface area contributed by atoms with Crippen molar-refractivity contribution in [1.29, 1.82) is 0 Å². The van der Waals surface area contributed by atoms with Crippen LogP contribution in [-0.4, -0.2) is 29.6 Å². The van der Waals surface area contributed by atoms with Crippen molar-refractivity contribution in [2.45, 2.75) is 50.7 Å². The highest BCUT2D eigenvalue weighted by molar-refractivity contribution is 5.80. The molecule has 0 aromatic carbocycles. The number of quaternary nitrogens is 1. The number of nitrogens with one attached hydrogen (secondary N) is 1. The van der Waals surface area contributed by atoms with Gasteiger partial charge in [-0.2, -0.15) is 0 Å². The molecule has 15 heavy (non-hydrogen) atoms. The largest absolute Gasteiger partial charge is 0.633 e. The summed E-state index contributed by atoms with van der Waals surface area (Å²) in [5, 5.41) is 12.6. The third-order valence-corrected chi connectivity index (χ3v) is 4.31. The number of carbonyl (C=O) groups is 1. The Labute approximate surface area is 89.8 Å². The van der Waals surface area contributed by atoms with Gasteiger partial charge in [0, 0.05) is 19.4 Å². The average molecular weight is 210 g/mol. The van der Waals surface area contributed by atoms with Crippen LogP contribution in [0.15, 0.2) is 0 Å². The molecule has 2 heterocycles. The van der Waals surface area contributed by atoms with Gasteiger partial charge in [-0.05, 0) is 19.3 Å². The molecular formula is C11H18N2O2. The minimum absolute atomic E-state index is 0.0422. The highest BCUT2D eigenvalue weighted by Gasteiger charge is 2.49. The smallest absolute Gasteiger partial charge is 0.236 e. The van der Waals surface area contributed by atoms with Gasteiger partial charge in [0.05, 0.1) is 5.92 Å². The molecular weight excluding hydrogens is 192 g/mol. The first kappa shape index (κ1) is 9.60. The van der Waals surface area contributed by atoms with Crippen molar-refractivity contribution in [3.05, 3.63) is 5.21 Å². The Morgan fingerprint density at radius 2 is 2.00 bits per heavy atom. The van der Waals surface area contributed by atoms with Gasteiger partial charge < -0.3 is 10.3 Å². The molecule has 3 aliphatic rings. The zero-order valence-corrected chi connectivity index (χ0v) is 8.95. The van der Waals surface area contributed by atoms with Gasteiger partial charge in [-0.25, -0.2) is 0 Å². The first-order chi connectivity index (χ1) is 7.29. The van der Waals surface area contributed by atoms with E-state index >= 15 is 0 Å². The Morgan fingerprint density at radius 1 is 1.20 bits per heavy atom. The first-order valence-electron chi connectivity index (χ1n) is 6.13. The molecule has 0 aromatic heterocycles. The minimum atomic E-state index is -0.0446. The van der Waals surface area contributed by atoms with E-state index in [1.807, 2.05) is 4.90 Å². The number of amides is 1. The molecule has 84 valence electrons. The number of carbonyl (C=O) groups excluding carboxylic acids is 1. The maximum Gasteiger partial charge on any atom is 0.236 e. The molecule has 0 aromatic rings. The molecule has 2 saturated heterocycles. The third kappa shape index (κ3) is 1.31. The van der Waals surface area contributed by atoms with Gasteiger partial charge in [-0.1, -0.05) is 6.42 Å². The summed E-state index contributed by atoms with van der Waals surface area (Å²) in [4.78, 5) is 14.0. The van der Waals surface area contributed by atoms with Crippen molar-refractivity contribution in [3.8, 4) is 0 Å². The molecule has 4 unspecified atom stereocenters. The molecule has 0 bridgehead atoms. The first-order valence-corrected chi connectivity index (χ1v) is 6.13. The van der Waals surface area contributed by atoms with Gasteiger partial charge in [-0.15, -0.1) is 0 Å². The molecule has 4 atom stereocenters. The lowest BCUT2D eigenvalue weighted by molar-refractivity contribution is -0.919. The molecule has 1 aliphatic carbocycles. The van der Waals surface area contributed by atoms with Gasteiger partial charge in [0.1, 0.15) is 6.04 Å². The molecule has 0 radical (unpaired) electrons. The van der Waals surface area contributed by atoms with E-state index in [4.69, 9.17) is 0 Å². The van der Waals surface area contributed by atoms with Gasteiger partial charge in [0.15, 0.2) is 6.17 Å². The second kappa shape index (κ2) is 3.46. The summed E-state index contributed by atoms with van der Waals surface area (Å²) >= 11 is 0. The van der Waals surface area contributed by atoms with Gasteiger partial charge in [-0.3, -0.25) is 9.69 Å². The van der Waals surface area contributed by atoms with Crippen molar-refractivity contribution in [2.24, 2.45) is 5.92 Å². The van der Waals surface area contributed by atoms with Crippen LogP contribution in [0.1, 0.15) is 38.5 Å². The maximum atomic E-state index is 12.2. The molecule has 3 fully saturated rings. The predicted octanol–water partition coefficient (Wildman–Crippen LogP) is -0.110. The lowest BCUT2D eigenvalue weighted by Crippen LogP contribution is -3.19. The van der Waals surface area contributed by atoms with E-state index < -0.39 is 0 Å². The Kier molecular flexibility index (Phi) is 2.21. The van der Waals surface area contributed by atoms with Crippen LogP contribution >= 0.6 is 0 Å². The molecule has 1 N–H and O–H groups in total. The number of hydroxylamine groups is 2. The summed E-state index contributed by atoms with van der Waals surface area (Å²) in [6.07, 6.45) is 6.04.